The number of benzene rings is 1. The summed E-state index contributed by atoms with van der Waals surface area (Å²) in [5.41, 5.74) is -1.10. The molecular formula is C27H42N6O5. The monoisotopic (exact) mass is 530 g/mol. The number of imidazole rings is 1. The van der Waals surface area contributed by atoms with E-state index in [0.29, 0.717) is 60.2 Å². The van der Waals surface area contributed by atoms with Gasteiger partial charge in [0.05, 0.1) is 19.4 Å². The lowest BCUT2D eigenvalue weighted by atomic mass is 9.66. The summed E-state index contributed by atoms with van der Waals surface area (Å²) in [7, 11) is 1.83. The number of aromatic amines is 1. The van der Waals surface area contributed by atoms with Crippen LogP contribution in [0.2, 0.25) is 0 Å². The quantitative estimate of drug-likeness (QED) is 0.215. The van der Waals surface area contributed by atoms with Crippen LogP contribution in [0, 0.1) is 5.41 Å². The molecule has 0 aliphatic rings. The van der Waals surface area contributed by atoms with Gasteiger partial charge in [-0.2, -0.15) is 5.10 Å². The van der Waals surface area contributed by atoms with Crippen LogP contribution in [0.1, 0.15) is 66.6 Å². The molecule has 0 unspecified atom stereocenters. The van der Waals surface area contributed by atoms with E-state index in [1.54, 1.807) is 12.3 Å². The summed E-state index contributed by atoms with van der Waals surface area (Å²) in [6.07, 6.45) is 0.946. The Morgan fingerprint density at radius 1 is 1.13 bits per heavy atom. The molecule has 11 nitrogen and oxygen atoms in total. The van der Waals surface area contributed by atoms with E-state index in [0.717, 1.165) is 6.42 Å². The van der Waals surface area contributed by atoms with Crippen LogP contribution < -0.4 is 14.8 Å². The number of aliphatic hydroxyl groups is 1. The molecule has 2 aromatic heterocycles. The van der Waals surface area contributed by atoms with E-state index in [9.17, 15) is 15.0 Å². The van der Waals surface area contributed by atoms with Gasteiger partial charge in [0.1, 0.15) is 34.2 Å². The lowest BCUT2D eigenvalue weighted by Crippen LogP contribution is -2.66. The number of carboxylic acid groups (broad SMARTS) is 1. The van der Waals surface area contributed by atoms with Gasteiger partial charge < -0.3 is 29.6 Å². The van der Waals surface area contributed by atoms with Gasteiger partial charge in [0.2, 0.25) is 0 Å². The highest BCUT2D eigenvalue weighted by Crippen LogP contribution is 2.51. The second-order valence-corrected chi connectivity index (χ2v) is 9.97. The molecule has 0 spiro atoms. The molecule has 2 heterocycles. The molecule has 1 amide bonds. The maximum Gasteiger partial charge on any atom is 0.408 e. The number of aryl methyl sites for hydroxylation is 1. The Balaban J connectivity index is 2.49. The molecule has 4 N–H and O–H groups in total. The van der Waals surface area contributed by atoms with Gasteiger partial charge in [-0.25, -0.2) is 9.78 Å². The van der Waals surface area contributed by atoms with Crippen LogP contribution in [0.3, 0.4) is 0 Å². The molecule has 0 aliphatic carbocycles. The number of aliphatic hydroxyl groups excluding tert-OH is 1. The van der Waals surface area contributed by atoms with E-state index in [2.05, 4.69) is 15.5 Å². The molecule has 0 aliphatic heterocycles. The molecule has 38 heavy (non-hydrogen) atoms. The first kappa shape index (κ1) is 29.1. The predicted molar refractivity (Wildman–Crippen MR) is 147 cm³/mol. The van der Waals surface area contributed by atoms with Gasteiger partial charge in [0.15, 0.2) is 11.8 Å². The average molecular weight is 531 g/mol. The lowest BCUT2D eigenvalue weighted by Gasteiger charge is -2.54. The Morgan fingerprint density at radius 3 is 2.34 bits per heavy atom. The summed E-state index contributed by atoms with van der Waals surface area (Å²) >= 11 is 0. The number of carbonyl (C=O) groups is 1. The van der Waals surface area contributed by atoms with Crippen LogP contribution in [0.25, 0.3) is 11.0 Å². The van der Waals surface area contributed by atoms with E-state index in [-0.39, 0.29) is 6.54 Å². The first-order valence-corrected chi connectivity index (χ1v) is 13.3. The zero-order valence-corrected chi connectivity index (χ0v) is 23.5. The minimum absolute atomic E-state index is 0.185. The SMILES string of the molecule is CCCN(C(=O)O)[C@](c1nc2c(OCC)ccc(OCC)c2n1C)([C@@H](O)Nc1ccn[nH]1)C(C)(C)CCC. The second-order valence-electron chi connectivity index (χ2n) is 9.97. The standard InChI is InChI=1S/C27H42N6O5/c1-8-15-26(5,6)27(33(17-9-2)25(35)36,24(34)29-20-14-16-28-31-20)23-30-21-18(37-10-3)12-13-19(38-11-4)22(21)32(23)7/h12-14,16,24,34H,8-11,15,17H2,1-7H3,(H,35,36)(H2,28,29,31)/t24-,27-/m1/s1. The van der Waals surface area contributed by atoms with Gasteiger partial charge in [-0.15, -0.1) is 0 Å². The zero-order valence-electron chi connectivity index (χ0n) is 23.5. The molecule has 3 rings (SSSR count). The van der Waals surface area contributed by atoms with Crippen LogP contribution in [0.15, 0.2) is 24.4 Å². The highest BCUT2D eigenvalue weighted by Gasteiger charge is 2.60. The molecule has 1 aromatic carbocycles. The number of anilines is 1. The van der Waals surface area contributed by atoms with Crippen LogP contribution in [-0.2, 0) is 12.6 Å². The van der Waals surface area contributed by atoms with Crippen LogP contribution >= 0.6 is 0 Å². The third-order valence-electron chi connectivity index (χ3n) is 7.09. The average Bonchev–Trinajstić information content (AvgIpc) is 3.49. The summed E-state index contributed by atoms with van der Waals surface area (Å²) in [6, 6.07) is 5.33. The fraction of sp³-hybridized carbons (Fsp3) is 0.593. The third kappa shape index (κ3) is 4.99. The number of H-pyrrole nitrogens is 1. The maximum absolute atomic E-state index is 13.0. The molecule has 3 aromatic rings. The highest BCUT2D eigenvalue weighted by molar-refractivity contribution is 5.88. The summed E-state index contributed by atoms with van der Waals surface area (Å²) < 4.78 is 13.7. The van der Waals surface area contributed by atoms with Crippen molar-refractivity contribution in [3.05, 3.63) is 30.2 Å². The molecule has 0 saturated carbocycles. The van der Waals surface area contributed by atoms with Crippen molar-refractivity contribution in [1.82, 2.24) is 24.6 Å². The van der Waals surface area contributed by atoms with Crippen molar-refractivity contribution in [3.8, 4) is 11.5 Å². The van der Waals surface area contributed by atoms with Crippen LogP contribution in [0.4, 0.5) is 10.6 Å². The van der Waals surface area contributed by atoms with Crippen molar-refractivity contribution in [3.63, 3.8) is 0 Å². The topological polar surface area (TPSA) is 138 Å². The Morgan fingerprint density at radius 2 is 1.79 bits per heavy atom. The van der Waals surface area contributed by atoms with Crippen LogP contribution in [0.5, 0.6) is 11.5 Å². The minimum atomic E-state index is -1.53. The van der Waals surface area contributed by atoms with E-state index in [1.165, 1.54) is 4.90 Å². The Hall–Kier alpha value is -3.47. The summed E-state index contributed by atoms with van der Waals surface area (Å²) in [6.45, 7) is 12.8. The number of fused-ring (bicyclic) bond motifs is 1. The third-order valence-corrected chi connectivity index (χ3v) is 7.09. The van der Waals surface area contributed by atoms with Crippen molar-refractivity contribution in [2.24, 2.45) is 12.5 Å². The number of amides is 1. The molecule has 0 bridgehead atoms. The van der Waals surface area contributed by atoms with Gasteiger partial charge in [0.25, 0.3) is 0 Å². The minimum Gasteiger partial charge on any atom is -0.492 e. The van der Waals surface area contributed by atoms with Crippen molar-refractivity contribution >= 4 is 22.9 Å². The smallest absolute Gasteiger partial charge is 0.408 e. The molecule has 0 fully saturated rings. The highest BCUT2D eigenvalue weighted by atomic mass is 16.5. The van der Waals surface area contributed by atoms with Gasteiger partial charge in [-0.1, -0.05) is 34.1 Å². The lowest BCUT2D eigenvalue weighted by molar-refractivity contribution is -0.0971. The fourth-order valence-corrected chi connectivity index (χ4v) is 5.63. The van der Waals surface area contributed by atoms with E-state index >= 15 is 0 Å². The van der Waals surface area contributed by atoms with Gasteiger partial charge in [0, 0.05) is 19.7 Å². The molecular weight excluding hydrogens is 488 g/mol. The Bertz CT molecular complexity index is 1210. The van der Waals surface area contributed by atoms with Crippen molar-refractivity contribution in [2.75, 3.05) is 25.1 Å². The van der Waals surface area contributed by atoms with Crippen molar-refractivity contribution in [1.29, 1.82) is 0 Å². The van der Waals surface area contributed by atoms with E-state index in [1.807, 2.05) is 65.3 Å². The number of hydrogen-bond donors (Lipinski definition) is 4. The van der Waals surface area contributed by atoms with Crippen LogP contribution in [-0.4, -0.2) is 66.9 Å². The Labute approximate surface area is 224 Å². The summed E-state index contributed by atoms with van der Waals surface area (Å²) in [5.74, 6) is 2.00. The zero-order chi connectivity index (χ0) is 28.1. The first-order valence-electron chi connectivity index (χ1n) is 13.3. The van der Waals surface area contributed by atoms with E-state index in [4.69, 9.17) is 14.5 Å². The fourth-order valence-electron chi connectivity index (χ4n) is 5.63. The van der Waals surface area contributed by atoms with Gasteiger partial charge in [-0.05, 0) is 44.2 Å². The van der Waals surface area contributed by atoms with Crippen molar-refractivity contribution < 1.29 is 24.5 Å². The molecule has 0 radical (unpaired) electrons. The van der Waals surface area contributed by atoms with E-state index < -0.39 is 23.3 Å². The normalized spacial score (nSPS) is 14.2. The largest absolute Gasteiger partial charge is 0.492 e. The summed E-state index contributed by atoms with van der Waals surface area (Å²) in [4.78, 5) is 19.4. The Kier molecular flexibility index (Phi) is 9.14. The van der Waals surface area contributed by atoms with Crippen molar-refractivity contribution in [2.45, 2.75) is 72.6 Å². The number of ether oxygens (including phenoxy) is 2. The van der Waals surface area contributed by atoms with Gasteiger partial charge in [-0.3, -0.25) is 10.00 Å². The van der Waals surface area contributed by atoms with Gasteiger partial charge >= 0.3 is 6.09 Å². The number of aromatic nitrogens is 4. The summed E-state index contributed by atoms with van der Waals surface area (Å²) in [5, 5.41) is 32.6. The number of hydrogen-bond acceptors (Lipinski definition) is 7. The molecule has 210 valence electrons. The maximum atomic E-state index is 13.0. The molecule has 2 atom stereocenters. The molecule has 0 saturated heterocycles. The number of nitrogens with one attached hydrogen (secondary N) is 2. The first-order chi connectivity index (χ1) is 18.1. The molecule has 11 heteroatoms. The second kappa shape index (κ2) is 11.9. The predicted octanol–water partition coefficient (Wildman–Crippen LogP) is 4.94. The number of rotatable bonds is 14. The number of nitrogens with zero attached hydrogens (tertiary/aromatic N) is 4.